The Bertz CT molecular complexity index is 481. The van der Waals surface area contributed by atoms with Crippen LogP contribution in [-0.4, -0.2) is 38.4 Å². The summed E-state index contributed by atoms with van der Waals surface area (Å²) < 4.78 is 36.4. The first-order valence-electron chi connectivity index (χ1n) is 6.44. The van der Waals surface area contributed by atoms with Gasteiger partial charge < -0.3 is 14.8 Å². The molecule has 2 rings (SSSR count). The van der Waals surface area contributed by atoms with Gasteiger partial charge in [0.15, 0.2) is 11.6 Å². The first kappa shape index (κ1) is 14.9. The van der Waals surface area contributed by atoms with E-state index < -0.39 is 11.6 Å². The summed E-state index contributed by atoms with van der Waals surface area (Å²) in [5, 5.41) is 2.84. The van der Waals surface area contributed by atoms with Gasteiger partial charge in [-0.1, -0.05) is 6.07 Å². The van der Waals surface area contributed by atoms with Crippen LogP contribution >= 0.6 is 0 Å². The van der Waals surface area contributed by atoms with Gasteiger partial charge in [0.1, 0.15) is 6.10 Å². The van der Waals surface area contributed by atoms with E-state index in [9.17, 15) is 13.6 Å². The molecule has 0 saturated carbocycles. The molecule has 0 spiro atoms. The largest absolute Gasteiger partial charge is 0.379 e. The van der Waals surface area contributed by atoms with Gasteiger partial charge in [0.2, 0.25) is 5.91 Å². The van der Waals surface area contributed by atoms with Crippen LogP contribution in [0, 0.1) is 11.6 Å². The molecule has 1 heterocycles. The van der Waals surface area contributed by atoms with Crippen LogP contribution in [0.15, 0.2) is 18.2 Å². The molecule has 0 aliphatic carbocycles. The molecule has 1 aromatic carbocycles. The van der Waals surface area contributed by atoms with E-state index in [0.29, 0.717) is 25.2 Å². The summed E-state index contributed by atoms with van der Waals surface area (Å²) in [7, 11) is 1.56. The van der Waals surface area contributed by atoms with Crippen LogP contribution in [0.2, 0.25) is 0 Å². The molecule has 1 saturated heterocycles. The SMILES string of the molecule is CO[C@H]1COCC[C@@H]1NC(=O)Cc1ccc(F)c(F)c1. The Kier molecular flexibility index (Phi) is 5.03. The fourth-order valence-corrected chi connectivity index (χ4v) is 2.20. The Balaban J connectivity index is 1.92. The molecule has 110 valence electrons. The number of hydrogen-bond donors (Lipinski definition) is 1. The average molecular weight is 285 g/mol. The lowest BCUT2D eigenvalue weighted by molar-refractivity contribution is -0.124. The van der Waals surface area contributed by atoms with Crippen LogP contribution in [0.25, 0.3) is 0 Å². The number of ether oxygens (including phenoxy) is 2. The number of rotatable bonds is 4. The Morgan fingerprint density at radius 1 is 1.45 bits per heavy atom. The number of nitrogens with one attached hydrogen (secondary N) is 1. The molecule has 0 bridgehead atoms. The summed E-state index contributed by atoms with van der Waals surface area (Å²) in [6.45, 7) is 1.00. The van der Waals surface area contributed by atoms with E-state index in [1.807, 2.05) is 0 Å². The fourth-order valence-electron chi connectivity index (χ4n) is 2.20. The van der Waals surface area contributed by atoms with Crippen molar-refractivity contribution in [3.05, 3.63) is 35.4 Å². The molecule has 4 nitrogen and oxygen atoms in total. The molecule has 1 N–H and O–H groups in total. The van der Waals surface area contributed by atoms with Gasteiger partial charge in [0.25, 0.3) is 0 Å². The molecule has 20 heavy (non-hydrogen) atoms. The van der Waals surface area contributed by atoms with E-state index in [1.165, 1.54) is 6.07 Å². The third-order valence-corrected chi connectivity index (χ3v) is 3.30. The fraction of sp³-hybridized carbons (Fsp3) is 0.500. The van der Waals surface area contributed by atoms with E-state index in [2.05, 4.69) is 5.32 Å². The summed E-state index contributed by atoms with van der Waals surface area (Å²) >= 11 is 0. The molecule has 2 atom stereocenters. The third kappa shape index (κ3) is 3.74. The van der Waals surface area contributed by atoms with E-state index in [1.54, 1.807) is 7.11 Å². The first-order valence-corrected chi connectivity index (χ1v) is 6.44. The number of carbonyl (C=O) groups is 1. The second-order valence-corrected chi connectivity index (χ2v) is 4.74. The van der Waals surface area contributed by atoms with Crippen molar-refractivity contribution in [3.63, 3.8) is 0 Å². The maximum absolute atomic E-state index is 13.1. The van der Waals surface area contributed by atoms with Gasteiger partial charge in [-0.05, 0) is 24.1 Å². The van der Waals surface area contributed by atoms with Crippen molar-refractivity contribution in [2.75, 3.05) is 20.3 Å². The van der Waals surface area contributed by atoms with Crippen molar-refractivity contribution < 1.29 is 23.0 Å². The standard InChI is InChI=1S/C14H17F2NO3/c1-19-13-8-20-5-4-12(13)17-14(18)7-9-2-3-10(15)11(16)6-9/h2-3,6,12-13H,4-5,7-8H2,1H3,(H,17,18)/t12-,13-/m0/s1. The maximum atomic E-state index is 13.1. The minimum absolute atomic E-state index is 0.00495. The highest BCUT2D eigenvalue weighted by Gasteiger charge is 2.26. The molecule has 0 unspecified atom stereocenters. The van der Waals surface area contributed by atoms with Gasteiger partial charge in [-0.25, -0.2) is 8.78 Å². The number of carbonyl (C=O) groups excluding carboxylic acids is 1. The zero-order valence-corrected chi connectivity index (χ0v) is 11.2. The molecule has 6 heteroatoms. The average Bonchev–Trinajstić information content (AvgIpc) is 2.43. The molecule has 0 radical (unpaired) electrons. The second kappa shape index (κ2) is 6.76. The monoisotopic (exact) mass is 285 g/mol. The number of halogens is 2. The first-order chi connectivity index (χ1) is 9.60. The molecule has 1 aliphatic rings. The number of amides is 1. The summed E-state index contributed by atoms with van der Waals surface area (Å²) in [5.41, 5.74) is 0.433. The number of hydrogen-bond acceptors (Lipinski definition) is 3. The van der Waals surface area contributed by atoms with E-state index in [-0.39, 0.29) is 24.5 Å². The van der Waals surface area contributed by atoms with Crippen molar-refractivity contribution in [3.8, 4) is 0 Å². The van der Waals surface area contributed by atoms with E-state index >= 15 is 0 Å². The number of methoxy groups -OCH3 is 1. The quantitative estimate of drug-likeness (QED) is 0.910. The Morgan fingerprint density at radius 2 is 2.25 bits per heavy atom. The molecule has 1 aromatic rings. The Hall–Kier alpha value is -1.53. The van der Waals surface area contributed by atoms with Crippen molar-refractivity contribution >= 4 is 5.91 Å². The Morgan fingerprint density at radius 3 is 2.95 bits per heavy atom. The lowest BCUT2D eigenvalue weighted by Gasteiger charge is -2.31. The normalized spacial score (nSPS) is 22.6. The minimum Gasteiger partial charge on any atom is -0.379 e. The van der Waals surface area contributed by atoms with Crippen LogP contribution < -0.4 is 5.32 Å². The number of benzene rings is 1. The molecule has 1 fully saturated rings. The molecule has 1 amide bonds. The van der Waals surface area contributed by atoms with Crippen LogP contribution in [0.4, 0.5) is 8.78 Å². The van der Waals surface area contributed by atoms with Gasteiger partial charge in [-0.3, -0.25) is 4.79 Å². The molecular formula is C14H17F2NO3. The lowest BCUT2D eigenvalue weighted by Crippen LogP contribution is -2.50. The topological polar surface area (TPSA) is 47.6 Å². The lowest BCUT2D eigenvalue weighted by atomic mass is 10.1. The van der Waals surface area contributed by atoms with E-state index in [0.717, 1.165) is 12.1 Å². The minimum atomic E-state index is -0.948. The second-order valence-electron chi connectivity index (χ2n) is 4.74. The summed E-state index contributed by atoms with van der Waals surface area (Å²) in [5.74, 6) is -2.11. The van der Waals surface area contributed by atoms with Gasteiger partial charge in [0, 0.05) is 13.7 Å². The van der Waals surface area contributed by atoms with Gasteiger partial charge in [-0.2, -0.15) is 0 Å². The van der Waals surface area contributed by atoms with Crippen molar-refractivity contribution in [1.29, 1.82) is 0 Å². The highest BCUT2D eigenvalue weighted by molar-refractivity contribution is 5.78. The predicted octanol–water partition coefficient (Wildman–Crippen LogP) is 1.43. The van der Waals surface area contributed by atoms with Gasteiger partial charge in [0.05, 0.1) is 19.1 Å². The zero-order chi connectivity index (χ0) is 14.5. The predicted molar refractivity (Wildman–Crippen MR) is 68.2 cm³/mol. The Labute approximate surface area is 116 Å². The summed E-state index contributed by atoms with van der Waals surface area (Å²) in [6.07, 6.45) is 0.491. The molecule has 0 aromatic heterocycles. The van der Waals surface area contributed by atoms with Crippen molar-refractivity contribution in [1.82, 2.24) is 5.32 Å². The maximum Gasteiger partial charge on any atom is 0.224 e. The summed E-state index contributed by atoms with van der Waals surface area (Å²) in [4.78, 5) is 11.9. The van der Waals surface area contributed by atoms with Crippen molar-refractivity contribution in [2.45, 2.75) is 25.0 Å². The summed E-state index contributed by atoms with van der Waals surface area (Å²) in [6, 6.07) is 3.33. The van der Waals surface area contributed by atoms with Crippen LogP contribution in [0.3, 0.4) is 0 Å². The highest BCUT2D eigenvalue weighted by Crippen LogP contribution is 2.12. The third-order valence-electron chi connectivity index (χ3n) is 3.30. The molecular weight excluding hydrogens is 268 g/mol. The zero-order valence-electron chi connectivity index (χ0n) is 11.2. The smallest absolute Gasteiger partial charge is 0.224 e. The van der Waals surface area contributed by atoms with E-state index in [4.69, 9.17) is 9.47 Å². The van der Waals surface area contributed by atoms with Crippen LogP contribution in [-0.2, 0) is 20.7 Å². The van der Waals surface area contributed by atoms with Crippen LogP contribution in [0.1, 0.15) is 12.0 Å². The van der Waals surface area contributed by atoms with Crippen LogP contribution in [0.5, 0.6) is 0 Å². The van der Waals surface area contributed by atoms with Gasteiger partial charge in [-0.15, -0.1) is 0 Å². The molecule has 1 aliphatic heterocycles. The highest BCUT2D eigenvalue weighted by atomic mass is 19.2. The van der Waals surface area contributed by atoms with Crippen molar-refractivity contribution in [2.24, 2.45) is 0 Å². The van der Waals surface area contributed by atoms with Gasteiger partial charge >= 0.3 is 0 Å².